The van der Waals surface area contributed by atoms with E-state index in [0.717, 1.165) is 30.5 Å². The van der Waals surface area contributed by atoms with E-state index in [0.29, 0.717) is 17.3 Å². The van der Waals surface area contributed by atoms with Gasteiger partial charge in [0.1, 0.15) is 12.9 Å². The molecule has 3 aromatic heterocycles. The van der Waals surface area contributed by atoms with Crippen LogP contribution in [-0.4, -0.2) is 30.3 Å². The summed E-state index contributed by atoms with van der Waals surface area (Å²) in [6.07, 6.45) is 8.35. The molecule has 1 N–H and O–H groups in total. The van der Waals surface area contributed by atoms with Crippen LogP contribution in [0.25, 0.3) is 11.2 Å². The van der Waals surface area contributed by atoms with Gasteiger partial charge in [0.05, 0.1) is 17.6 Å². The van der Waals surface area contributed by atoms with E-state index in [1.54, 1.807) is 28.9 Å². The van der Waals surface area contributed by atoms with Crippen molar-refractivity contribution in [1.82, 2.24) is 24.4 Å². The van der Waals surface area contributed by atoms with Gasteiger partial charge in [-0.05, 0) is 49.0 Å². The lowest BCUT2D eigenvalue weighted by atomic mass is 9.90. The first kappa shape index (κ1) is 17.1. The molecule has 138 valence electrons. The zero-order valence-electron chi connectivity index (χ0n) is 15.0. The molecule has 1 amide bonds. The van der Waals surface area contributed by atoms with Crippen LogP contribution in [-0.2, 0) is 11.3 Å². The molecule has 27 heavy (non-hydrogen) atoms. The van der Waals surface area contributed by atoms with Gasteiger partial charge in [0.2, 0.25) is 5.91 Å². The number of allylic oxidation sites excluding steroid dienone is 2. The van der Waals surface area contributed by atoms with Crippen molar-refractivity contribution in [2.24, 2.45) is 5.92 Å². The Balaban J connectivity index is 1.50. The number of anilines is 1. The van der Waals surface area contributed by atoms with Gasteiger partial charge in [0, 0.05) is 6.07 Å². The molecule has 0 saturated heterocycles. The molecule has 1 aliphatic rings. The van der Waals surface area contributed by atoms with Crippen molar-refractivity contribution in [3.63, 3.8) is 0 Å². The summed E-state index contributed by atoms with van der Waals surface area (Å²) in [4.78, 5) is 28.5. The molecule has 3 heterocycles. The van der Waals surface area contributed by atoms with Gasteiger partial charge in [-0.15, -0.1) is 0 Å². The third kappa shape index (κ3) is 3.79. The molecular weight excluding hydrogens is 344 g/mol. The molecular formula is C19H20N6O2. The first-order chi connectivity index (χ1) is 13.1. The Morgan fingerprint density at radius 3 is 3.00 bits per heavy atom. The number of rotatable bonds is 4. The summed E-state index contributed by atoms with van der Waals surface area (Å²) in [6, 6.07) is 6.69. The van der Waals surface area contributed by atoms with E-state index in [-0.39, 0.29) is 18.0 Å². The van der Waals surface area contributed by atoms with E-state index < -0.39 is 0 Å². The van der Waals surface area contributed by atoms with Crippen LogP contribution in [0.5, 0.6) is 0 Å². The average Bonchev–Trinajstić information content (AvgIpc) is 3.12. The lowest BCUT2D eigenvalue weighted by Crippen LogP contribution is -2.29. The second-order valence-electron chi connectivity index (χ2n) is 6.85. The molecule has 8 heteroatoms. The predicted molar refractivity (Wildman–Crippen MR) is 101 cm³/mol. The lowest BCUT2D eigenvalue weighted by molar-refractivity contribution is -0.117. The standard InChI is InChI=1S/C19H20N6O2/c1-13-2-4-14(5-3-13)16-7-9-19(27)25(23-16)11-18(26)22-15-6-8-17-20-12-21-24(17)10-15/h4,6-10,12-13H,2-3,5,11H2,1H3,(H,22,26). The molecule has 0 aromatic carbocycles. The van der Waals surface area contributed by atoms with Gasteiger partial charge >= 0.3 is 0 Å². The van der Waals surface area contributed by atoms with Crippen LogP contribution in [0.4, 0.5) is 5.69 Å². The zero-order chi connectivity index (χ0) is 18.8. The highest BCUT2D eigenvalue weighted by Crippen LogP contribution is 2.28. The highest BCUT2D eigenvalue weighted by atomic mass is 16.2. The van der Waals surface area contributed by atoms with Crippen molar-refractivity contribution >= 4 is 22.8 Å². The molecule has 0 aliphatic heterocycles. The largest absolute Gasteiger partial charge is 0.323 e. The predicted octanol–water partition coefficient (Wildman–Crippen LogP) is 2.13. The number of hydrogen-bond acceptors (Lipinski definition) is 5. The first-order valence-corrected chi connectivity index (χ1v) is 8.95. The molecule has 1 atom stereocenters. The minimum atomic E-state index is -0.326. The van der Waals surface area contributed by atoms with E-state index in [1.165, 1.54) is 17.1 Å². The fourth-order valence-corrected chi connectivity index (χ4v) is 3.16. The Morgan fingerprint density at radius 1 is 1.30 bits per heavy atom. The van der Waals surface area contributed by atoms with Crippen molar-refractivity contribution in [2.75, 3.05) is 5.32 Å². The Bertz CT molecular complexity index is 1080. The molecule has 4 rings (SSSR count). The zero-order valence-corrected chi connectivity index (χ0v) is 15.0. The number of amides is 1. The van der Waals surface area contributed by atoms with Crippen LogP contribution in [0, 0.1) is 5.92 Å². The number of fused-ring (bicyclic) bond motifs is 1. The fraction of sp³-hybridized carbons (Fsp3) is 0.316. The summed E-state index contributed by atoms with van der Waals surface area (Å²) >= 11 is 0. The maximum absolute atomic E-state index is 12.4. The fourth-order valence-electron chi connectivity index (χ4n) is 3.16. The third-order valence-electron chi connectivity index (χ3n) is 4.72. The maximum atomic E-state index is 12.4. The van der Waals surface area contributed by atoms with Crippen molar-refractivity contribution in [1.29, 1.82) is 0 Å². The Hall–Kier alpha value is -3.29. The highest BCUT2D eigenvalue weighted by molar-refractivity contribution is 5.90. The van der Waals surface area contributed by atoms with E-state index >= 15 is 0 Å². The molecule has 1 unspecified atom stereocenters. The number of hydrogen-bond donors (Lipinski definition) is 1. The van der Waals surface area contributed by atoms with Gasteiger partial charge < -0.3 is 5.32 Å². The minimum Gasteiger partial charge on any atom is -0.323 e. The lowest BCUT2D eigenvalue weighted by Gasteiger charge is -2.18. The van der Waals surface area contributed by atoms with Gasteiger partial charge in [0.25, 0.3) is 5.56 Å². The van der Waals surface area contributed by atoms with Crippen LogP contribution < -0.4 is 10.9 Å². The molecule has 1 aliphatic carbocycles. The molecule has 0 saturated carbocycles. The minimum absolute atomic E-state index is 0.147. The van der Waals surface area contributed by atoms with E-state index in [4.69, 9.17) is 0 Å². The van der Waals surface area contributed by atoms with E-state index in [9.17, 15) is 9.59 Å². The summed E-state index contributed by atoms with van der Waals surface area (Å²) in [5.41, 5.74) is 2.86. The van der Waals surface area contributed by atoms with E-state index in [1.807, 2.05) is 0 Å². The van der Waals surface area contributed by atoms with Gasteiger partial charge in [-0.25, -0.2) is 14.2 Å². The number of aromatic nitrogens is 5. The number of carbonyl (C=O) groups is 1. The average molecular weight is 364 g/mol. The van der Waals surface area contributed by atoms with Crippen LogP contribution >= 0.6 is 0 Å². The Kier molecular flexibility index (Phi) is 4.53. The summed E-state index contributed by atoms with van der Waals surface area (Å²) < 4.78 is 2.77. The molecule has 0 radical (unpaired) electrons. The van der Waals surface area contributed by atoms with Gasteiger partial charge in [0.15, 0.2) is 5.65 Å². The number of nitrogens with zero attached hydrogens (tertiary/aromatic N) is 5. The molecule has 0 bridgehead atoms. The topological polar surface area (TPSA) is 94.2 Å². The Labute approximate surface area is 155 Å². The Morgan fingerprint density at radius 2 is 2.19 bits per heavy atom. The van der Waals surface area contributed by atoms with E-state index in [2.05, 4.69) is 33.5 Å². The summed E-state index contributed by atoms with van der Waals surface area (Å²) in [5.74, 6) is 0.347. The van der Waals surface area contributed by atoms with Crippen LogP contribution in [0.2, 0.25) is 0 Å². The normalized spacial score (nSPS) is 16.9. The number of carbonyl (C=O) groups excluding carboxylic acids is 1. The maximum Gasteiger partial charge on any atom is 0.267 e. The summed E-state index contributed by atoms with van der Waals surface area (Å²) in [5, 5.41) is 11.2. The van der Waals surface area contributed by atoms with Gasteiger partial charge in [-0.1, -0.05) is 13.0 Å². The molecule has 8 nitrogen and oxygen atoms in total. The highest BCUT2D eigenvalue weighted by Gasteiger charge is 2.14. The molecule has 0 fully saturated rings. The SMILES string of the molecule is CC1CC=C(c2ccc(=O)n(CC(=O)Nc3ccc4ncnn4c3)n2)CC1. The smallest absolute Gasteiger partial charge is 0.267 e. The van der Waals surface area contributed by atoms with Gasteiger partial charge in [-0.3, -0.25) is 9.59 Å². The molecule has 3 aromatic rings. The second-order valence-corrected chi connectivity index (χ2v) is 6.85. The quantitative estimate of drug-likeness (QED) is 0.765. The van der Waals surface area contributed by atoms with Crippen molar-refractivity contribution < 1.29 is 4.79 Å². The van der Waals surface area contributed by atoms with Crippen LogP contribution in [0.15, 0.2) is 47.7 Å². The van der Waals surface area contributed by atoms with Crippen molar-refractivity contribution in [3.05, 3.63) is 58.9 Å². The van der Waals surface area contributed by atoms with Crippen molar-refractivity contribution in [2.45, 2.75) is 32.7 Å². The number of nitrogens with one attached hydrogen (secondary N) is 1. The van der Waals surface area contributed by atoms with Gasteiger partial charge in [-0.2, -0.15) is 10.2 Å². The summed E-state index contributed by atoms with van der Waals surface area (Å²) in [6.45, 7) is 2.08. The monoisotopic (exact) mass is 364 g/mol. The summed E-state index contributed by atoms with van der Waals surface area (Å²) in [7, 11) is 0. The first-order valence-electron chi connectivity index (χ1n) is 8.95. The molecule has 0 spiro atoms. The van der Waals surface area contributed by atoms with Crippen LogP contribution in [0.3, 0.4) is 0 Å². The third-order valence-corrected chi connectivity index (χ3v) is 4.72. The number of pyridine rings is 1. The van der Waals surface area contributed by atoms with Crippen LogP contribution in [0.1, 0.15) is 31.9 Å². The van der Waals surface area contributed by atoms with Crippen molar-refractivity contribution in [3.8, 4) is 0 Å². The second kappa shape index (κ2) is 7.14.